The second-order valence-electron chi connectivity index (χ2n) is 10.5. The van der Waals surface area contributed by atoms with Gasteiger partial charge in [0.05, 0.1) is 8.41 Å². The second-order valence-corrected chi connectivity index (χ2v) is 11.9. The number of benzene rings is 2. The van der Waals surface area contributed by atoms with Crippen LogP contribution in [-0.4, -0.2) is 36.6 Å². The van der Waals surface area contributed by atoms with Crippen LogP contribution in [0.1, 0.15) is 101 Å². The van der Waals surface area contributed by atoms with Crippen LogP contribution in [0.2, 0.25) is 0 Å². The number of anilines is 2. The van der Waals surface area contributed by atoms with E-state index < -0.39 is 0 Å². The van der Waals surface area contributed by atoms with Gasteiger partial charge in [-0.25, -0.2) is 0 Å². The van der Waals surface area contributed by atoms with Gasteiger partial charge in [0, 0.05) is 39.6 Å². The Morgan fingerprint density at radius 3 is 0.875 bits per heavy atom. The van der Waals surface area contributed by atoms with Crippen molar-refractivity contribution in [3.63, 3.8) is 0 Å². The molecule has 0 atom stereocenters. The van der Waals surface area contributed by atoms with E-state index in [9.17, 15) is 0 Å². The summed E-state index contributed by atoms with van der Waals surface area (Å²) in [6.45, 7) is 18.5. The highest BCUT2D eigenvalue weighted by atomic mass is 31.1. The van der Waals surface area contributed by atoms with Crippen LogP contribution in [-0.2, 0) is 0 Å². The quantitative estimate of drug-likeness (QED) is 0.370. The molecule has 0 aliphatic rings. The lowest BCUT2D eigenvalue weighted by atomic mass is 9.92. The van der Waals surface area contributed by atoms with E-state index in [-0.39, 0.29) is 8.41 Å². The van der Waals surface area contributed by atoms with Gasteiger partial charge in [-0.15, -0.1) is 0 Å². The van der Waals surface area contributed by atoms with Crippen molar-refractivity contribution in [1.29, 1.82) is 0 Å². The molecule has 178 valence electrons. The molecule has 0 amide bonds. The van der Waals surface area contributed by atoms with Crippen LogP contribution < -0.4 is 20.4 Å². The van der Waals surface area contributed by atoms with Gasteiger partial charge in [0.25, 0.3) is 0 Å². The monoisotopic (exact) mass is 454 g/mol. The van der Waals surface area contributed by atoms with Gasteiger partial charge in [-0.05, 0) is 80.8 Å². The Morgan fingerprint density at radius 1 is 0.500 bits per heavy atom. The Balaban J connectivity index is 0.00000512. The topological polar surface area (TPSA) is 6.48 Å². The Labute approximate surface area is 202 Å². The molecule has 4 heteroatoms. The highest BCUT2D eigenvalue weighted by Crippen LogP contribution is 2.37. The Bertz CT molecular complexity index is 767. The number of nitrogens with zero attached hydrogens (tertiary/aromatic N) is 2. The van der Waals surface area contributed by atoms with Crippen molar-refractivity contribution < 1.29 is 0 Å². The lowest BCUT2D eigenvalue weighted by Crippen LogP contribution is -2.20. The third-order valence-electron chi connectivity index (χ3n) is 6.01. The van der Waals surface area contributed by atoms with E-state index in [1.807, 2.05) is 0 Å². The first-order chi connectivity index (χ1) is 14.3. The molecule has 2 rings (SSSR count). The minimum Gasteiger partial charge on any atom is -0.377 e. The highest BCUT2D eigenvalue weighted by molar-refractivity contribution is 7.55. The van der Waals surface area contributed by atoms with Gasteiger partial charge in [-0.1, -0.05) is 64.0 Å². The molecule has 2 aromatic rings. The van der Waals surface area contributed by atoms with Crippen LogP contribution in [0, 0.1) is 0 Å². The fourth-order valence-electron chi connectivity index (χ4n) is 4.46. The normalized spacial score (nSPS) is 11.5. The number of hydrogen-bond donors (Lipinski definition) is 0. The molecule has 0 spiro atoms. The van der Waals surface area contributed by atoms with Gasteiger partial charge in [-0.3, -0.25) is 0 Å². The Hall–Kier alpha value is -1.47. The number of hydrogen-bond acceptors (Lipinski definition) is 2. The van der Waals surface area contributed by atoms with Crippen molar-refractivity contribution in [3.8, 4) is 0 Å². The third-order valence-corrected chi connectivity index (χ3v) is 7.16. The molecular formula is C28H48BN2P. The molecule has 2 aromatic carbocycles. The van der Waals surface area contributed by atoms with Gasteiger partial charge >= 0.3 is 0 Å². The second kappa shape index (κ2) is 11.6. The molecule has 0 saturated carbocycles. The Kier molecular flexibility index (Phi) is 10.4. The van der Waals surface area contributed by atoms with Crippen LogP contribution in [0.3, 0.4) is 0 Å². The lowest BCUT2D eigenvalue weighted by Gasteiger charge is -2.28. The van der Waals surface area contributed by atoms with Crippen molar-refractivity contribution >= 4 is 39.0 Å². The predicted octanol–water partition coefficient (Wildman–Crippen LogP) is 5.76. The van der Waals surface area contributed by atoms with Gasteiger partial charge in [0.2, 0.25) is 0 Å². The smallest absolute Gasteiger partial charge is 0.0814 e. The van der Waals surface area contributed by atoms with Gasteiger partial charge in [0.1, 0.15) is 0 Å². The third kappa shape index (κ3) is 6.31. The van der Waals surface area contributed by atoms with Crippen molar-refractivity contribution in [3.05, 3.63) is 46.5 Å². The van der Waals surface area contributed by atoms with Crippen molar-refractivity contribution in [2.75, 3.05) is 38.0 Å². The summed E-state index contributed by atoms with van der Waals surface area (Å²) in [5.41, 5.74) is 8.70. The van der Waals surface area contributed by atoms with E-state index in [1.165, 1.54) is 44.2 Å². The SMILES string of the molecule is B.CC(C)c1cc(Pc2cc(C(C)C)c(N(C)C)c(C(C)C)c2)cc(C(C)C)c1N(C)C. The summed E-state index contributed by atoms with van der Waals surface area (Å²) in [6.07, 6.45) is 0. The molecule has 0 fully saturated rings. The summed E-state index contributed by atoms with van der Waals surface area (Å²) in [5, 5.41) is 2.92. The minimum absolute atomic E-state index is 0. The predicted molar refractivity (Wildman–Crippen MR) is 155 cm³/mol. The van der Waals surface area contributed by atoms with Crippen LogP contribution in [0.25, 0.3) is 0 Å². The molecule has 0 saturated heterocycles. The first-order valence-corrected chi connectivity index (χ1v) is 12.8. The maximum atomic E-state index is 2.47. The average Bonchev–Trinajstić information content (AvgIpc) is 2.65. The van der Waals surface area contributed by atoms with E-state index in [0.29, 0.717) is 32.3 Å². The number of rotatable bonds is 8. The maximum absolute atomic E-state index is 2.47. The molecule has 0 heterocycles. The van der Waals surface area contributed by atoms with E-state index in [1.54, 1.807) is 0 Å². The van der Waals surface area contributed by atoms with Gasteiger partial charge in [-0.2, -0.15) is 0 Å². The largest absolute Gasteiger partial charge is 0.377 e. The molecule has 0 bridgehead atoms. The van der Waals surface area contributed by atoms with Crippen molar-refractivity contribution in [2.24, 2.45) is 0 Å². The molecule has 0 N–H and O–H groups in total. The molecule has 0 aromatic heterocycles. The van der Waals surface area contributed by atoms with Crippen LogP contribution in [0.4, 0.5) is 11.4 Å². The zero-order valence-electron chi connectivity index (χ0n) is 22.0. The fourth-order valence-corrected chi connectivity index (χ4v) is 5.71. The standard InChI is InChI=1S/C28H45N2P.BH3/c1-17(2)23-13-21(14-24(18(3)4)27(23)29(9)10)31-22-15-25(19(5)6)28(30(11)12)26(16-22)20(7)8;/h13-20,31H,1-12H3;1H3. The first kappa shape index (κ1) is 28.6. The zero-order valence-corrected chi connectivity index (χ0v) is 23.0. The minimum atomic E-state index is 0. The Morgan fingerprint density at radius 2 is 0.719 bits per heavy atom. The molecular weight excluding hydrogens is 406 g/mol. The lowest BCUT2D eigenvalue weighted by molar-refractivity contribution is 0.824. The highest BCUT2D eigenvalue weighted by Gasteiger charge is 2.20. The van der Waals surface area contributed by atoms with Gasteiger partial charge in [0.15, 0.2) is 0 Å². The van der Waals surface area contributed by atoms with Gasteiger partial charge < -0.3 is 9.80 Å². The molecule has 0 unspecified atom stereocenters. The molecule has 32 heavy (non-hydrogen) atoms. The van der Waals surface area contributed by atoms with E-state index in [0.717, 1.165) is 0 Å². The zero-order chi connectivity index (χ0) is 23.6. The summed E-state index contributed by atoms with van der Waals surface area (Å²) >= 11 is 0. The summed E-state index contributed by atoms with van der Waals surface area (Å²) in [5.74, 6) is 2.03. The van der Waals surface area contributed by atoms with E-state index in [4.69, 9.17) is 0 Å². The van der Waals surface area contributed by atoms with E-state index >= 15 is 0 Å². The van der Waals surface area contributed by atoms with Crippen LogP contribution in [0.15, 0.2) is 24.3 Å². The van der Waals surface area contributed by atoms with Crippen molar-refractivity contribution in [1.82, 2.24) is 0 Å². The maximum Gasteiger partial charge on any atom is 0.0814 e. The summed E-state index contributed by atoms with van der Waals surface area (Å²) in [7, 11) is 9.39. The average molecular weight is 454 g/mol. The molecule has 0 radical (unpaired) electrons. The summed E-state index contributed by atoms with van der Waals surface area (Å²) in [4.78, 5) is 4.61. The molecule has 0 aliphatic heterocycles. The van der Waals surface area contributed by atoms with Crippen molar-refractivity contribution in [2.45, 2.75) is 79.1 Å². The first-order valence-electron chi connectivity index (χ1n) is 11.8. The van der Waals surface area contributed by atoms with E-state index in [2.05, 4.69) is 118 Å². The molecule has 2 nitrogen and oxygen atoms in total. The fraction of sp³-hybridized carbons (Fsp3) is 0.571. The summed E-state index contributed by atoms with van der Waals surface area (Å²) < 4.78 is 0. The van der Waals surface area contributed by atoms with Crippen LogP contribution >= 0.6 is 8.58 Å². The van der Waals surface area contributed by atoms with Crippen LogP contribution in [0.5, 0.6) is 0 Å². The summed E-state index contributed by atoms with van der Waals surface area (Å²) in [6, 6.07) is 9.87. The molecule has 0 aliphatic carbocycles.